The van der Waals surface area contributed by atoms with Crippen molar-refractivity contribution in [3.05, 3.63) is 12.2 Å². The SMILES string of the molecule is CC1CCCC(CNC(=O)C2C=CC(N)C2)(N(C)C)C1. The molecule has 4 atom stereocenters. The number of amides is 1. The third-order valence-electron chi connectivity index (χ3n) is 5.06. The van der Waals surface area contributed by atoms with Crippen molar-refractivity contribution in [2.75, 3.05) is 20.6 Å². The second-order valence-corrected chi connectivity index (χ2v) is 6.93. The first-order valence-electron chi connectivity index (χ1n) is 7.82. The van der Waals surface area contributed by atoms with E-state index in [0.717, 1.165) is 18.9 Å². The first kappa shape index (κ1) is 15.5. The van der Waals surface area contributed by atoms with Crippen LogP contribution < -0.4 is 11.1 Å². The lowest BCUT2D eigenvalue weighted by Gasteiger charge is -2.45. The van der Waals surface area contributed by atoms with Crippen molar-refractivity contribution in [2.45, 2.75) is 50.6 Å². The number of nitrogens with zero attached hydrogens (tertiary/aromatic N) is 1. The van der Waals surface area contributed by atoms with E-state index < -0.39 is 0 Å². The maximum absolute atomic E-state index is 12.2. The first-order chi connectivity index (χ1) is 9.43. The zero-order valence-electron chi connectivity index (χ0n) is 13.1. The van der Waals surface area contributed by atoms with Crippen LogP contribution in [0.4, 0.5) is 0 Å². The van der Waals surface area contributed by atoms with Gasteiger partial charge in [0.25, 0.3) is 0 Å². The summed E-state index contributed by atoms with van der Waals surface area (Å²) in [6, 6.07) is 0.0447. The van der Waals surface area contributed by atoms with Gasteiger partial charge in [-0.05, 0) is 39.3 Å². The number of carbonyl (C=O) groups is 1. The summed E-state index contributed by atoms with van der Waals surface area (Å²) >= 11 is 0. The standard InChI is InChI=1S/C16H29N3O/c1-12-5-4-8-16(10-12,19(2)3)11-18-15(20)13-6-7-14(17)9-13/h6-7,12-14H,4-5,8-11,17H2,1-3H3,(H,18,20). The Morgan fingerprint density at radius 3 is 2.75 bits per heavy atom. The van der Waals surface area contributed by atoms with Crippen molar-refractivity contribution in [3.63, 3.8) is 0 Å². The third-order valence-corrected chi connectivity index (χ3v) is 5.06. The molecule has 0 aliphatic heterocycles. The fourth-order valence-corrected chi connectivity index (χ4v) is 3.66. The zero-order valence-corrected chi connectivity index (χ0v) is 13.1. The summed E-state index contributed by atoms with van der Waals surface area (Å²) in [5.74, 6) is 0.835. The smallest absolute Gasteiger partial charge is 0.227 e. The van der Waals surface area contributed by atoms with Gasteiger partial charge in [-0.25, -0.2) is 0 Å². The van der Waals surface area contributed by atoms with E-state index in [1.807, 2.05) is 12.2 Å². The molecule has 114 valence electrons. The number of hydrogen-bond donors (Lipinski definition) is 2. The van der Waals surface area contributed by atoms with E-state index in [2.05, 4.69) is 31.2 Å². The van der Waals surface area contributed by atoms with Gasteiger partial charge in [0.2, 0.25) is 5.91 Å². The molecule has 0 aromatic heterocycles. The molecule has 0 radical (unpaired) electrons. The summed E-state index contributed by atoms with van der Waals surface area (Å²) in [5.41, 5.74) is 5.94. The molecule has 1 amide bonds. The highest BCUT2D eigenvalue weighted by molar-refractivity contribution is 5.81. The van der Waals surface area contributed by atoms with E-state index in [1.165, 1.54) is 25.7 Å². The molecule has 1 fully saturated rings. The van der Waals surface area contributed by atoms with Gasteiger partial charge in [-0.15, -0.1) is 0 Å². The Labute approximate surface area is 122 Å². The van der Waals surface area contributed by atoms with Crippen molar-refractivity contribution < 1.29 is 4.79 Å². The summed E-state index contributed by atoms with van der Waals surface area (Å²) in [4.78, 5) is 14.5. The number of likely N-dealkylation sites (N-methyl/N-ethyl adjacent to an activating group) is 1. The van der Waals surface area contributed by atoms with E-state index in [-0.39, 0.29) is 23.4 Å². The van der Waals surface area contributed by atoms with Crippen LogP contribution in [0.1, 0.15) is 39.0 Å². The van der Waals surface area contributed by atoms with Gasteiger partial charge in [-0.3, -0.25) is 4.79 Å². The molecule has 0 heterocycles. The maximum Gasteiger partial charge on any atom is 0.227 e. The fraction of sp³-hybridized carbons (Fsp3) is 0.812. The lowest BCUT2D eigenvalue weighted by atomic mass is 9.75. The molecule has 0 aromatic rings. The van der Waals surface area contributed by atoms with Crippen LogP contribution in [0.25, 0.3) is 0 Å². The van der Waals surface area contributed by atoms with Gasteiger partial charge >= 0.3 is 0 Å². The molecule has 4 nitrogen and oxygen atoms in total. The highest BCUT2D eigenvalue weighted by Crippen LogP contribution is 2.35. The van der Waals surface area contributed by atoms with E-state index in [9.17, 15) is 4.79 Å². The van der Waals surface area contributed by atoms with Gasteiger partial charge in [0.05, 0.1) is 5.92 Å². The Morgan fingerprint density at radius 1 is 1.45 bits per heavy atom. The van der Waals surface area contributed by atoms with Crippen LogP contribution >= 0.6 is 0 Å². The largest absolute Gasteiger partial charge is 0.354 e. The predicted octanol–water partition coefficient (Wildman–Crippen LogP) is 1.52. The van der Waals surface area contributed by atoms with E-state index >= 15 is 0 Å². The van der Waals surface area contributed by atoms with Gasteiger partial charge < -0.3 is 16.0 Å². The molecule has 20 heavy (non-hydrogen) atoms. The molecule has 2 aliphatic carbocycles. The molecule has 2 rings (SSSR count). The zero-order chi connectivity index (χ0) is 14.8. The molecule has 1 saturated carbocycles. The second-order valence-electron chi connectivity index (χ2n) is 6.93. The van der Waals surface area contributed by atoms with Gasteiger partial charge in [0.15, 0.2) is 0 Å². The highest BCUT2D eigenvalue weighted by atomic mass is 16.1. The highest BCUT2D eigenvalue weighted by Gasteiger charge is 2.37. The minimum atomic E-state index is -0.0368. The van der Waals surface area contributed by atoms with Gasteiger partial charge in [0.1, 0.15) is 0 Å². The average molecular weight is 279 g/mol. The van der Waals surface area contributed by atoms with Crippen LogP contribution in [0.15, 0.2) is 12.2 Å². The molecule has 4 heteroatoms. The van der Waals surface area contributed by atoms with Crippen molar-refractivity contribution >= 4 is 5.91 Å². The molecule has 0 saturated heterocycles. The van der Waals surface area contributed by atoms with Crippen LogP contribution in [0, 0.1) is 11.8 Å². The normalized spacial score (nSPS) is 37.4. The second kappa shape index (κ2) is 6.27. The number of rotatable bonds is 4. The molecule has 2 aliphatic rings. The molecule has 0 spiro atoms. The van der Waals surface area contributed by atoms with E-state index in [4.69, 9.17) is 5.73 Å². The summed E-state index contributed by atoms with van der Waals surface area (Å²) < 4.78 is 0. The number of nitrogens with one attached hydrogen (secondary N) is 1. The van der Waals surface area contributed by atoms with Gasteiger partial charge in [-0.1, -0.05) is 31.9 Å². The predicted molar refractivity (Wildman–Crippen MR) is 82.3 cm³/mol. The third kappa shape index (κ3) is 3.41. The van der Waals surface area contributed by atoms with Crippen LogP contribution in [0.3, 0.4) is 0 Å². The van der Waals surface area contributed by atoms with Crippen molar-refractivity contribution in [2.24, 2.45) is 17.6 Å². The minimum Gasteiger partial charge on any atom is -0.354 e. The molecule has 3 N–H and O–H groups in total. The summed E-state index contributed by atoms with van der Waals surface area (Å²) in [7, 11) is 4.27. The first-order valence-corrected chi connectivity index (χ1v) is 7.82. The Balaban J connectivity index is 1.92. The summed E-state index contributed by atoms with van der Waals surface area (Å²) in [5, 5.41) is 3.17. The summed E-state index contributed by atoms with van der Waals surface area (Å²) in [6.07, 6.45) is 9.54. The number of nitrogens with two attached hydrogens (primary N) is 1. The Bertz CT molecular complexity index is 380. The Hall–Kier alpha value is -0.870. The quantitative estimate of drug-likeness (QED) is 0.767. The van der Waals surface area contributed by atoms with E-state index in [0.29, 0.717) is 0 Å². The average Bonchev–Trinajstić information content (AvgIpc) is 2.82. The van der Waals surface area contributed by atoms with Crippen LogP contribution in [-0.4, -0.2) is 43.0 Å². The summed E-state index contributed by atoms with van der Waals surface area (Å²) in [6.45, 7) is 3.07. The topological polar surface area (TPSA) is 58.4 Å². The van der Waals surface area contributed by atoms with Crippen LogP contribution in [0.2, 0.25) is 0 Å². The maximum atomic E-state index is 12.2. The van der Waals surface area contributed by atoms with Gasteiger partial charge in [-0.2, -0.15) is 0 Å². The van der Waals surface area contributed by atoms with Crippen molar-refractivity contribution in [3.8, 4) is 0 Å². The monoisotopic (exact) mass is 279 g/mol. The molecule has 0 aromatic carbocycles. The Kier molecular flexibility index (Phi) is 4.86. The van der Waals surface area contributed by atoms with Crippen molar-refractivity contribution in [1.82, 2.24) is 10.2 Å². The molecular formula is C16H29N3O. The van der Waals surface area contributed by atoms with E-state index in [1.54, 1.807) is 0 Å². The number of carbonyl (C=O) groups excluding carboxylic acids is 1. The lowest BCUT2D eigenvalue weighted by Crippen LogP contribution is -2.55. The van der Waals surface area contributed by atoms with Crippen LogP contribution in [0.5, 0.6) is 0 Å². The van der Waals surface area contributed by atoms with Gasteiger partial charge in [0, 0.05) is 18.1 Å². The van der Waals surface area contributed by atoms with Crippen LogP contribution in [-0.2, 0) is 4.79 Å². The Morgan fingerprint density at radius 2 is 2.20 bits per heavy atom. The minimum absolute atomic E-state index is 0.0368. The molecule has 4 unspecified atom stereocenters. The molecular weight excluding hydrogens is 250 g/mol. The molecule has 0 bridgehead atoms. The fourth-order valence-electron chi connectivity index (χ4n) is 3.66. The lowest BCUT2D eigenvalue weighted by molar-refractivity contribution is -0.124. The van der Waals surface area contributed by atoms with Crippen molar-refractivity contribution in [1.29, 1.82) is 0 Å². The number of hydrogen-bond acceptors (Lipinski definition) is 3.